The third-order valence-electron chi connectivity index (χ3n) is 9.34. The Hall–Kier alpha value is -4.84. The van der Waals surface area contributed by atoms with Crippen LogP contribution >= 0.6 is 0 Å². The molecule has 1 N–H and O–H groups in total. The number of nitrogens with zero attached hydrogens (tertiary/aromatic N) is 1. The number of nitrogens with one attached hydrogen (secondary N) is 1. The van der Waals surface area contributed by atoms with Gasteiger partial charge in [-0.1, -0.05) is 74.5 Å². The van der Waals surface area contributed by atoms with Gasteiger partial charge < -0.3 is 28.5 Å². The van der Waals surface area contributed by atoms with Crippen molar-refractivity contribution in [3.8, 4) is 45.3 Å². The van der Waals surface area contributed by atoms with E-state index < -0.39 is 5.54 Å². The zero-order valence-electron chi connectivity index (χ0n) is 26.4. The second-order valence-corrected chi connectivity index (χ2v) is 12.5. The molecule has 2 aromatic heterocycles. The van der Waals surface area contributed by atoms with Gasteiger partial charge in [0.05, 0.1) is 56.1 Å². The molecule has 0 radical (unpaired) electrons. The molecule has 1 aliphatic rings. The van der Waals surface area contributed by atoms with Crippen molar-refractivity contribution >= 4 is 21.8 Å². The minimum absolute atomic E-state index is 0.190. The van der Waals surface area contributed by atoms with E-state index in [4.69, 9.17) is 18.9 Å². The van der Waals surface area contributed by atoms with Crippen LogP contribution in [-0.2, 0) is 11.0 Å². The van der Waals surface area contributed by atoms with E-state index in [1.165, 1.54) is 16.8 Å². The predicted molar refractivity (Wildman–Crippen MR) is 178 cm³/mol. The summed E-state index contributed by atoms with van der Waals surface area (Å²) < 4.78 is 26.1. The molecule has 0 amide bonds. The molecule has 44 heavy (non-hydrogen) atoms. The molecule has 0 aliphatic carbocycles. The molecular formula is C38H38N2O4. The maximum Gasteiger partial charge on any atom is 0.132 e. The van der Waals surface area contributed by atoms with Crippen molar-refractivity contribution in [3.63, 3.8) is 0 Å². The number of aromatic amines is 1. The van der Waals surface area contributed by atoms with Gasteiger partial charge in [-0.3, -0.25) is 0 Å². The van der Waals surface area contributed by atoms with Gasteiger partial charge in [-0.15, -0.1) is 0 Å². The lowest BCUT2D eigenvalue weighted by Gasteiger charge is -2.30. The fraction of sp³-hybridized carbons (Fsp3) is 0.263. The number of fused-ring (bicyclic) bond motifs is 4. The van der Waals surface area contributed by atoms with Crippen LogP contribution in [0.25, 0.3) is 44.1 Å². The van der Waals surface area contributed by atoms with Gasteiger partial charge >= 0.3 is 0 Å². The van der Waals surface area contributed by atoms with Crippen molar-refractivity contribution < 1.29 is 18.9 Å². The van der Waals surface area contributed by atoms with Crippen LogP contribution in [0.15, 0.2) is 84.9 Å². The minimum atomic E-state index is -0.482. The Morgan fingerprint density at radius 2 is 1.18 bits per heavy atom. The molecule has 0 fully saturated rings. The Labute approximate surface area is 258 Å². The van der Waals surface area contributed by atoms with Crippen LogP contribution in [0.2, 0.25) is 0 Å². The van der Waals surface area contributed by atoms with Crippen molar-refractivity contribution in [2.24, 2.45) is 0 Å². The molecule has 4 aromatic carbocycles. The Morgan fingerprint density at radius 3 is 1.75 bits per heavy atom. The van der Waals surface area contributed by atoms with Crippen LogP contribution in [0.3, 0.4) is 0 Å². The predicted octanol–water partition coefficient (Wildman–Crippen LogP) is 8.94. The first kappa shape index (κ1) is 28.0. The van der Waals surface area contributed by atoms with E-state index in [0.29, 0.717) is 0 Å². The Kier molecular flexibility index (Phi) is 6.43. The number of methoxy groups -OCH3 is 4. The summed E-state index contributed by atoms with van der Waals surface area (Å²) in [5, 5.41) is 2.13. The van der Waals surface area contributed by atoms with Gasteiger partial charge in [0.1, 0.15) is 23.0 Å². The molecule has 0 saturated carbocycles. The van der Waals surface area contributed by atoms with Gasteiger partial charge in [0.25, 0.3) is 0 Å². The summed E-state index contributed by atoms with van der Waals surface area (Å²) >= 11 is 0. The summed E-state index contributed by atoms with van der Waals surface area (Å²) in [4.78, 5) is 3.90. The van der Waals surface area contributed by atoms with E-state index in [-0.39, 0.29) is 5.41 Å². The molecule has 1 unspecified atom stereocenters. The number of ether oxygens (including phenoxy) is 4. The molecule has 6 aromatic rings. The first-order chi connectivity index (χ1) is 21.3. The Bertz CT molecular complexity index is 2020. The van der Waals surface area contributed by atoms with E-state index in [1.807, 2.05) is 12.1 Å². The van der Waals surface area contributed by atoms with Gasteiger partial charge in [-0.05, 0) is 24.5 Å². The molecule has 6 heteroatoms. The maximum absolute atomic E-state index is 6.08. The lowest BCUT2D eigenvalue weighted by Crippen LogP contribution is -2.30. The van der Waals surface area contributed by atoms with Gasteiger partial charge in [0, 0.05) is 51.9 Å². The maximum atomic E-state index is 6.08. The number of aromatic nitrogens is 2. The van der Waals surface area contributed by atoms with Crippen molar-refractivity contribution in [1.82, 2.24) is 9.55 Å². The summed E-state index contributed by atoms with van der Waals surface area (Å²) in [7, 11) is 6.85. The number of hydrogen-bond donors (Lipinski definition) is 1. The van der Waals surface area contributed by atoms with E-state index in [9.17, 15) is 0 Å². The second-order valence-electron chi connectivity index (χ2n) is 12.5. The van der Waals surface area contributed by atoms with Crippen LogP contribution in [0.5, 0.6) is 23.0 Å². The quantitative estimate of drug-likeness (QED) is 0.203. The SMILES string of the molecule is COc1cc(OC)c2c(-c3ccccc3)c(C3(C)CC(C)(C)c4c(-c5ccccc5)c5c(OC)cc(OC)cc5n43)[nH]c2c1. The van der Waals surface area contributed by atoms with Crippen LogP contribution in [-0.4, -0.2) is 38.0 Å². The van der Waals surface area contributed by atoms with Crippen molar-refractivity contribution in [2.45, 2.75) is 38.1 Å². The molecule has 6 nitrogen and oxygen atoms in total. The first-order valence-electron chi connectivity index (χ1n) is 15.0. The summed E-state index contributed by atoms with van der Waals surface area (Å²) in [5.74, 6) is 3.07. The fourth-order valence-electron chi connectivity index (χ4n) is 7.74. The van der Waals surface area contributed by atoms with Crippen molar-refractivity contribution in [3.05, 3.63) is 96.3 Å². The van der Waals surface area contributed by atoms with E-state index in [1.54, 1.807) is 28.4 Å². The Balaban J connectivity index is 1.66. The zero-order valence-corrected chi connectivity index (χ0v) is 26.4. The smallest absolute Gasteiger partial charge is 0.132 e. The average molecular weight is 587 g/mol. The molecule has 3 heterocycles. The average Bonchev–Trinajstić information content (AvgIpc) is 3.68. The standard InChI is InChI=1S/C38H38N2O4/c1-37(2)22-38(3,35-31(23-14-10-8-11-15-23)33-27(39-35)18-25(41-4)20-29(33)43-6)40-28-19-26(42-5)21-30(44-7)34(28)32(36(37)40)24-16-12-9-13-17-24/h8-21,39H,22H2,1-7H3. The molecule has 1 aliphatic heterocycles. The summed E-state index contributed by atoms with van der Waals surface area (Å²) in [6.45, 7) is 7.06. The van der Waals surface area contributed by atoms with Crippen molar-refractivity contribution in [2.75, 3.05) is 28.4 Å². The summed E-state index contributed by atoms with van der Waals surface area (Å²) in [6.07, 6.45) is 0.872. The zero-order chi connectivity index (χ0) is 30.8. The topological polar surface area (TPSA) is 57.6 Å². The van der Waals surface area contributed by atoms with Gasteiger partial charge in [-0.25, -0.2) is 0 Å². The number of rotatable bonds is 7. The van der Waals surface area contributed by atoms with E-state index >= 15 is 0 Å². The van der Waals surface area contributed by atoms with Crippen LogP contribution in [0.1, 0.15) is 38.6 Å². The lowest BCUT2D eigenvalue weighted by molar-refractivity contribution is 0.364. The monoisotopic (exact) mass is 586 g/mol. The highest BCUT2D eigenvalue weighted by Crippen LogP contribution is 2.59. The number of hydrogen-bond acceptors (Lipinski definition) is 4. The number of benzene rings is 4. The highest BCUT2D eigenvalue weighted by atomic mass is 16.5. The van der Waals surface area contributed by atoms with Crippen molar-refractivity contribution in [1.29, 1.82) is 0 Å². The summed E-state index contributed by atoms with van der Waals surface area (Å²) in [5.41, 5.74) is 8.38. The molecular weight excluding hydrogens is 548 g/mol. The Morgan fingerprint density at radius 1 is 0.636 bits per heavy atom. The third-order valence-corrected chi connectivity index (χ3v) is 9.34. The third kappa shape index (κ3) is 3.93. The molecule has 0 spiro atoms. The van der Waals surface area contributed by atoms with E-state index in [0.717, 1.165) is 68.0 Å². The lowest BCUT2D eigenvalue weighted by atomic mass is 9.77. The second kappa shape index (κ2) is 10.1. The largest absolute Gasteiger partial charge is 0.497 e. The van der Waals surface area contributed by atoms with Crippen LogP contribution in [0, 0.1) is 0 Å². The molecule has 224 valence electrons. The molecule has 0 bridgehead atoms. The normalized spacial score (nSPS) is 17.2. The van der Waals surface area contributed by atoms with Crippen LogP contribution in [0.4, 0.5) is 0 Å². The van der Waals surface area contributed by atoms with Gasteiger partial charge in [-0.2, -0.15) is 0 Å². The van der Waals surface area contributed by atoms with E-state index in [2.05, 4.69) is 103 Å². The van der Waals surface area contributed by atoms with Gasteiger partial charge in [0.2, 0.25) is 0 Å². The summed E-state index contributed by atoms with van der Waals surface area (Å²) in [6, 6.07) is 29.4. The van der Waals surface area contributed by atoms with Crippen LogP contribution < -0.4 is 18.9 Å². The fourth-order valence-corrected chi connectivity index (χ4v) is 7.74. The molecule has 7 rings (SSSR count). The minimum Gasteiger partial charge on any atom is -0.497 e. The number of H-pyrrole nitrogens is 1. The first-order valence-corrected chi connectivity index (χ1v) is 15.0. The van der Waals surface area contributed by atoms with Gasteiger partial charge in [0.15, 0.2) is 0 Å². The highest BCUT2D eigenvalue weighted by molar-refractivity contribution is 6.06. The highest BCUT2D eigenvalue weighted by Gasteiger charge is 2.51. The molecule has 0 saturated heterocycles. The molecule has 1 atom stereocenters.